The summed E-state index contributed by atoms with van der Waals surface area (Å²) < 4.78 is 5.40. The minimum absolute atomic E-state index is 0.0497. The number of benzene rings is 2. The lowest BCUT2D eigenvalue weighted by molar-refractivity contribution is -0.118. The van der Waals surface area contributed by atoms with Crippen molar-refractivity contribution in [1.29, 1.82) is 0 Å². The first-order chi connectivity index (χ1) is 12.6. The summed E-state index contributed by atoms with van der Waals surface area (Å²) in [4.78, 5) is 26.3. The van der Waals surface area contributed by atoms with Crippen LogP contribution < -0.4 is 10.1 Å². The number of hydrogen-bond acceptors (Lipinski definition) is 3. The normalized spacial score (nSPS) is 14.0. The molecule has 0 unspecified atom stereocenters. The first kappa shape index (κ1) is 18.3. The highest BCUT2D eigenvalue weighted by atomic mass is 35.5. The van der Waals surface area contributed by atoms with Crippen LogP contribution in [0.1, 0.15) is 29.6 Å². The van der Waals surface area contributed by atoms with E-state index in [1.165, 1.54) is 6.42 Å². The van der Waals surface area contributed by atoms with Gasteiger partial charge in [0.2, 0.25) is 0 Å². The molecule has 26 heavy (non-hydrogen) atoms. The maximum absolute atomic E-state index is 12.4. The van der Waals surface area contributed by atoms with Gasteiger partial charge in [0, 0.05) is 29.4 Å². The van der Waals surface area contributed by atoms with Gasteiger partial charge >= 0.3 is 0 Å². The fraction of sp³-hybridized carbons (Fsp3) is 0.300. The molecule has 1 fully saturated rings. The van der Waals surface area contributed by atoms with Crippen molar-refractivity contribution < 1.29 is 14.3 Å². The highest BCUT2D eigenvalue weighted by molar-refractivity contribution is 6.30. The van der Waals surface area contributed by atoms with E-state index in [4.69, 9.17) is 16.3 Å². The van der Waals surface area contributed by atoms with Crippen LogP contribution in [0, 0.1) is 0 Å². The van der Waals surface area contributed by atoms with Crippen LogP contribution in [-0.2, 0) is 4.79 Å². The largest absolute Gasteiger partial charge is 0.484 e. The molecule has 0 saturated carbocycles. The van der Waals surface area contributed by atoms with E-state index in [2.05, 4.69) is 5.32 Å². The Morgan fingerprint density at radius 1 is 0.962 bits per heavy atom. The average Bonchev–Trinajstić information content (AvgIpc) is 2.68. The number of carbonyl (C=O) groups excluding carboxylic acids is 2. The van der Waals surface area contributed by atoms with Crippen molar-refractivity contribution >= 4 is 29.1 Å². The predicted octanol–water partition coefficient (Wildman–Crippen LogP) is 3.98. The predicted molar refractivity (Wildman–Crippen MR) is 102 cm³/mol. The van der Waals surface area contributed by atoms with Crippen LogP contribution in [0.3, 0.4) is 0 Å². The van der Waals surface area contributed by atoms with Gasteiger partial charge in [-0.15, -0.1) is 0 Å². The minimum Gasteiger partial charge on any atom is -0.484 e. The molecule has 3 rings (SSSR count). The van der Waals surface area contributed by atoms with E-state index in [0.717, 1.165) is 25.9 Å². The molecule has 0 atom stereocenters. The standard InChI is InChI=1S/C20H21ClN2O3/c21-16-6-10-18(11-7-16)26-14-19(24)22-17-8-4-15(5-9-17)20(25)23-12-2-1-3-13-23/h4-11H,1-3,12-14H2,(H,22,24). The Labute approximate surface area is 157 Å². The number of nitrogens with zero attached hydrogens (tertiary/aromatic N) is 1. The molecule has 2 amide bonds. The molecule has 0 aromatic heterocycles. The topological polar surface area (TPSA) is 58.6 Å². The van der Waals surface area contributed by atoms with Crippen molar-refractivity contribution in [2.75, 3.05) is 25.0 Å². The van der Waals surface area contributed by atoms with E-state index >= 15 is 0 Å². The smallest absolute Gasteiger partial charge is 0.262 e. The molecular formula is C20H21ClN2O3. The molecule has 1 N–H and O–H groups in total. The lowest BCUT2D eigenvalue weighted by Gasteiger charge is -2.26. The summed E-state index contributed by atoms with van der Waals surface area (Å²) in [5, 5.41) is 3.37. The zero-order valence-electron chi connectivity index (χ0n) is 14.4. The minimum atomic E-state index is -0.268. The monoisotopic (exact) mass is 372 g/mol. The van der Waals surface area contributed by atoms with E-state index < -0.39 is 0 Å². The van der Waals surface area contributed by atoms with Crippen molar-refractivity contribution in [1.82, 2.24) is 4.90 Å². The van der Waals surface area contributed by atoms with Gasteiger partial charge in [-0.05, 0) is 67.8 Å². The zero-order valence-corrected chi connectivity index (χ0v) is 15.2. The number of nitrogens with one attached hydrogen (secondary N) is 1. The van der Waals surface area contributed by atoms with Crippen LogP contribution in [-0.4, -0.2) is 36.4 Å². The van der Waals surface area contributed by atoms with Gasteiger partial charge in [0.05, 0.1) is 0 Å². The molecule has 0 bridgehead atoms. The summed E-state index contributed by atoms with van der Waals surface area (Å²) in [5.74, 6) is 0.357. The van der Waals surface area contributed by atoms with Crippen molar-refractivity contribution in [3.63, 3.8) is 0 Å². The second-order valence-corrected chi connectivity index (χ2v) is 6.66. The zero-order chi connectivity index (χ0) is 18.4. The summed E-state index contributed by atoms with van der Waals surface area (Å²) in [6.07, 6.45) is 3.31. The first-order valence-electron chi connectivity index (χ1n) is 8.69. The van der Waals surface area contributed by atoms with E-state index in [9.17, 15) is 9.59 Å². The summed E-state index contributed by atoms with van der Waals surface area (Å²) in [5.41, 5.74) is 1.27. The first-order valence-corrected chi connectivity index (χ1v) is 9.07. The van der Waals surface area contributed by atoms with Crippen LogP contribution in [0.5, 0.6) is 5.75 Å². The average molecular weight is 373 g/mol. The quantitative estimate of drug-likeness (QED) is 0.863. The van der Waals surface area contributed by atoms with Crippen molar-refractivity contribution in [3.8, 4) is 5.75 Å². The van der Waals surface area contributed by atoms with Gasteiger partial charge in [0.1, 0.15) is 5.75 Å². The summed E-state index contributed by atoms with van der Waals surface area (Å²) in [6, 6.07) is 13.8. The maximum Gasteiger partial charge on any atom is 0.262 e. The molecule has 0 aliphatic carbocycles. The molecular weight excluding hydrogens is 352 g/mol. The third kappa shape index (κ3) is 4.99. The highest BCUT2D eigenvalue weighted by Crippen LogP contribution is 2.17. The summed E-state index contributed by atoms with van der Waals surface area (Å²) >= 11 is 5.80. The molecule has 1 aliphatic heterocycles. The number of likely N-dealkylation sites (tertiary alicyclic amines) is 1. The second-order valence-electron chi connectivity index (χ2n) is 6.22. The van der Waals surface area contributed by atoms with E-state index in [1.54, 1.807) is 48.5 Å². The van der Waals surface area contributed by atoms with Gasteiger partial charge in [-0.3, -0.25) is 9.59 Å². The van der Waals surface area contributed by atoms with Gasteiger partial charge in [0.15, 0.2) is 6.61 Å². The number of anilines is 1. The Morgan fingerprint density at radius 2 is 1.62 bits per heavy atom. The van der Waals surface area contributed by atoms with Crippen LogP contribution in [0.25, 0.3) is 0 Å². The Hall–Kier alpha value is -2.53. The van der Waals surface area contributed by atoms with Gasteiger partial charge < -0.3 is 15.0 Å². The number of ether oxygens (including phenoxy) is 1. The third-order valence-electron chi connectivity index (χ3n) is 4.24. The molecule has 2 aromatic carbocycles. The fourth-order valence-corrected chi connectivity index (χ4v) is 2.98. The van der Waals surface area contributed by atoms with Crippen LogP contribution in [0.2, 0.25) is 5.02 Å². The molecule has 6 heteroatoms. The third-order valence-corrected chi connectivity index (χ3v) is 4.49. The van der Waals surface area contributed by atoms with E-state index in [1.807, 2.05) is 4.90 Å². The van der Waals surface area contributed by atoms with E-state index in [0.29, 0.717) is 22.0 Å². The number of amides is 2. The Balaban J connectivity index is 1.50. The van der Waals surface area contributed by atoms with Crippen molar-refractivity contribution in [2.24, 2.45) is 0 Å². The molecule has 0 spiro atoms. The number of halogens is 1. The molecule has 1 heterocycles. The van der Waals surface area contributed by atoms with Gasteiger partial charge in [-0.2, -0.15) is 0 Å². The molecule has 136 valence electrons. The lowest BCUT2D eigenvalue weighted by Crippen LogP contribution is -2.35. The fourth-order valence-electron chi connectivity index (χ4n) is 2.85. The van der Waals surface area contributed by atoms with Crippen LogP contribution >= 0.6 is 11.6 Å². The van der Waals surface area contributed by atoms with Gasteiger partial charge in [0.25, 0.3) is 11.8 Å². The summed E-state index contributed by atoms with van der Waals surface area (Å²) in [6.45, 7) is 1.54. The van der Waals surface area contributed by atoms with Gasteiger partial charge in [-0.1, -0.05) is 11.6 Å². The lowest BCUT2D eigenvalue weighted by atomic mass is 10.1. The molecule has 0 radical (unpaired) electrons. The van der Waals surface area contributed by atoms with E-state index in [-0.39, 0.29) is 18.4 Å². The van der Waals surface area contributed by atoms with Crippen molar-refractivity contribution in [2.45, 2.75) is 19.3 Å². The van der Waals surface area contributed by atoms with Crippen molar-refractivity contribution in [3.05, 3.63) is 59.1 Å². The highest BCUT2D eigenvalue weighted by Gasteiger charge is 2.18. The second kappa shape index (κ2) is 8.72. The van der Waals surface area contributed by atoms with Crippen LogP contribution in [0.4, 0.5) is 5.69 Å². The maximum atomic E-state index is 12.4. The number of piperidine rings is 1. The SMILES string of the molecule is O=C(COc1ccc(Cl)cc1)Nc1ccc(C(=O)N2CCCCC2)cc1. The number of hydrogen-bond donors (Lipinski definition) is 1. The Kier molecular flexibility index (Phi) is 6.12. The number of rotatable bonds is 5. The van der Waals surface area contributed by atoms with Gasteiger partial charge in [-0.25, -0.2) is 0 Å². The molecule has 5 nitrogen and oxygen atoms in total. The number of carbonyl (C=O) groups is 2. The van der Waals surface area contributed by atoms with Crippen LogP contribution in [0.15, 0.2) is 48.5 Å². The molecule has 2 aromatic rings. The molecule has 1 aliphatic rings. The Bertz CT molecular complexity index is 754. The molecule has 1 saturated heterocycles. The Morgan fingerprint density at radius 3 is 2.27 bits per heavy atom. The summed E-state index contributed by atoms with van der Waals surface area (Å²) in [7, 11) is 0.